The van der Waals surface area contributed by atoms with E-state index in [-0.39, 0.29) is 0 Å². The van der Waals surface area contributed by atoms with Gasteiger partial charge in [-0.1, -0.05) is 364 Å². The monoisotopic (exact) mass is 1900 g/mol. The fraction of sp³-hybridized carbons (Fsp3) is 0. The summed E-state index contributed by atoms with van der Waals surface area (Å²) in [6.07, 6.45) is 0. The van der Waals surface area contributed by atoms with Crippen LogP contribution in [-0.4, -0.2) is 44.9 Å². The maximum Gasteiger partial charge on any atom is 0.0972 e. The molecular formula is C141H81N9. The van der Waals surface area contributed by atoms with E-state index >= 15 is 0 Å². The zero-order chi connectivity index (χ0) is 98.3. The van der Waals surface area contributed by atoms with Gasteiger partial charge in [0.25, 0.3) is 0 Å². The van der Waals surface area contributed by atoms with E-state index in [1.54, 1.807) is 0 Å². The second-order valence-corrected chi connectivity index (χ2v) is 39.7. The molecule has 0 N–H and O–H groups in total. The van der Waals surface area contributed by atoms with Gasteiger partial charge in [-0.2, -0.15) is 0 Å². The number of hydrogen-bond acceptors (Lipinski definition) is 9. The number of hydrogen-bond donors (Lipinski definition) is 0. The molecule has 0 bridgehead atoms. The van der Waals surface area contributed by atoms with Crippen LogP contribution in [0.1, 0.15) is 0 Å². The summed E-state index contributed by atoms with van der Waals surface area (Å²) in [6, 6.07) is 176. The molecule has 2 aliphatic carbocycles. The summed E-state index contributed by atoms with van der Waals surface area (Å²) < 4.78 is 0. The van der Waals surface area contributed by atoms with Crippen molar-refractivity contribution in [1.29, 1.82) is 0 Å². The topological polar surface area (TPSA) is 116 Å². The van der Waals surface area contributed by atoms with Crippen LogP contribution in [0.5, 0.6) is 0 Å². The summed E-state index contributed by atoms with van der Waals surface area (Å²) in [7, 11) is 0. The van der Waals surface area contributed by atoms with E-state index in [1.165, 1.54) is 132 Å². The summed E-state index contributed by atoms with van der Waals surface area (Å²) >= 11 is 0. The Morgan fingerprint density at radius 3 is 0.847 bits per heavy atom. The van der Waals surface area contributed by atoms with Crippen molar-refractivity contribution < 1.29 is 0 Å². The summed E-state index contributed by atoms with van der Waals surface area (Å²) in [4.78, 5) is 46.1. The molecule has 2 aliphatic rings. The SMILES string of the molecule is c1cc(-c2ccc3c(c2)-c2cccc4cccc-3c24)cc(-c2ccc3ccc4ccc(-c5ccc6nc7ccccc7cc6c5)nc4c3n2)c1.c1cc(-c2ccc3ccc4ccc(-c5ccc6nc7ccccc7cc6c5)nc4c3n2)cc(-c2ccc3ccc4cccc5ccc2c3c45)c1.c1ccc2c(c1)-c1cccc3c(-c4ccc(-c5ccc6ccc7ccc(-c8ccc9nc%10ccccc%10cc9c8)nc7c6n5)cc4)ccc-2c13. The van der Waals surface area contributed by atoms with Gasteiger partial charge >= 0.3 is 0 Å². The molecule has 0 unspecified atom stereocenters. The van der Waals surface area contributed by atoms with Crippen LogP contribution in [0, 0.1) is 0 Å². The normalized spacial score (nSPS) is 12.0. The van der Waals surface area contributed by atoms with E-state index < -0.39 is 0 Å². The molecule has 0 fully saturated rings. The first-order valence-electron chi connectivity index (χ1n) is 51.0. The highest BCUT2D eigenvalue weighted by molar-refractivity contribution is 6.26. The van der Waals surface area contributed by atoms with Crippen molar-refractivity contribution in [3.8, 4) is 145 Å². The van der Waals surface area contributed by atoms with Crippen molar-refractivity contribution in [3.05, 3.63) is 491 Å². The van der Waals surface area contributed by atoms with Crippen LogP contribution < -0.4 is 0 Å². The molecular weight excluding hydrogens is 1820 g/mol. The lowest BCUT2D eigenvalue weighted by molar-refractivity contribution is 1.37. The summed E-state index contributed by atoms with van der Waals surface area (Å²) in [5, 5.41) is 26.2. The largest absolute Gasteiger partial charge is 0.248 e. The average Bonchev–Trinajstić information content (AvgIpc) is 1.61. The van der Waals surface area contributed by atoms with Crippen LogP contribution in [0.15, 0.2) is 491 Å². The lowest BCUT2D eigenvalue weighted by Crippen LogP contribution is -1.92. The standard InChI is InChI=1S/3C47H27N3/c1-4-11-41-32(6-1)26-34-27-33(20-25-44(34)48-41)43-24-19-31-17-16-30-18-23-42(49-46(30)47(31)50-43)29-14-12-28(13-15-29)35-21-22-40-37-8-3-2-7-36(37)39-10-5-9-38(35)45(39)40;1-2-13-41-33(6-1)25-36-26-35(19-23-44(36)48-41)43-22-18-30-15-14-29-17-21-42(49-46(29)47(30)50-43)34-10-3-9-31(24-34)32-16-20-37-38-11-4-7-28-8-5-12-39(45(28)38)40(37)27-32;1-2-10-40-34(5-1)26-37-27-36(19-24-43(37)48-40)42-23-18-32-14-13-31-17-22-41(49-46(31)47(32)50-42)35-9-4-8-33(25-35)38-20-15-30-12-11-28-6-3-7-29-16-21-39(38)45(30)44(28)29/h3*1-27H. The Morgan fingerprint density at radius 2 is 0.367 bits per heavy atom. The first-order valence-corrected chi connectivity index (χ1v) is 51.0. The first-order chi connectivity index (χ1) is 74.2. The van der Waals surface area contributed by atoms with Crippen molar-refractivity contribution >= 4 is 185 Å². The highest BCUT2D eigenvalue weighted by Crippen LogP contribution is 2.52. The molecule has 690 valence electrons. The summed E-state index contributed by atoms with van der Waals surface area (Å²) in [5.74, 6) is 0. The number of pyridine rings is 9. The minimum atomic E-state index is 0.904. The molecule has 0 amide bonds. The minimum Gasteiger partial charge on any atom is -0.248 e. The van der Waals surface area contributed by atoms with E-state index in [0.29, 0.717) is 0 Å². The Labute approximate surface area is 860 Å². The lowest BCUT2D eigenvalue weighted by atomic mass is 9.89. The van der Waals surface area contributed by atoms with Crippen molar-refractivity contribution in [2.45, 2.75) is 0 Å². The molecule has 0 radical (unpaired) electrons. The van der Waals surface area contributed by atoms with E-state index in [1.807, 2.05) is 18.2 Å². The van der Waals surface area contributed by atoms with Gasteiger partial charge in [0.15, 0.2) is 0 Å². The summed E-state index contributed by atoms with van der Waals surface area (Å²) in [5.41, 5.74) is 41.1. The lowest BCUT2D eigenvalue weighted by Gasteiger charge is -2.15. The number of aromatic nitrogens is 9. The number of nitrogens with zero attached hydrogens (tertiary/aromatic N) is 9. The Hall–Kier alpha value is -20.1. The van der Waals surface area contributed by atoms with Crippen molar-refractivity contribution in [2.24, 2.45) is 0 Å². The zero-order valence-electron chi connectivity index (χ0n) is 80.8. The Morgan fingerprint density at radius 1 is 0.100 bits per heavy atom. The van der Waals surface area contributed by atoms with Gasteiger partial charge in [-0.15, -0.1) is 0 Å². The number of para-hydroxylation sites is 3. The first kappa shape index (κ1) is 84.4. The van der Waals surface area contributed by atoms with E-state index in [2.05, 4.69) is 473 Å². The molecule has 22 aromatic carbocycles. The molecule has 150 heavy (non-hydrogen) atoms. The number of benzene rings is 22. The van der Waals surface area contributed by atoms with Crippen LogP contribution in [0.4, 0.5) is 0 Å². The molecule has 9 nitrogen and oxygen atoms in total. The maximum absolute atomic E-state index is 5.28. The van der Waals surface area contributed by atoms with Gasteiger partial charge in [0, 0.05) is 98.0 Å². The van der Waals surface area contributed by atoms with E-state index in [9.17, 15) is 0 Å². The van der Waals surface area contributed by atoms with Crippen LogP contribution in [0.2, 0.25) is 0 Å². The number of rotatable bonds is 9. The van der Waals surface area contributed by atoms with Gasteiger partial charge in [0.2, 0.25) is 0 Å². The van der Waals surface area contributed by atoms with Gasteiger partial charge in [0.1, 0.15) is 0 Å². The molecule has 0 atom stereocenters. The van der Waals surface area contributed by atoms with Crippen LogP contribution in [0.25, 0.3) is 330 Å². The molecule has 33 rings (SSSR count). The predicted octanol–water partition coefficient (Wildman–Crippen LogP) is 37.0. The van der Waals surface area contributed by atoms with Gasteiger partial charge in [0.05, 0.1) is 100 Å². The molecule has 31 aromatic rings. The van der Waals surface area contributed by atoms with Gasteiger partial charge < -0.3 is 0 Å². The Balaban J connectivity index is 0.000000101. The molecule has 9 heterocycles. The Bertz CT molecular complexity index is 11200. The second kappa shape index (κ2) is 33.7. The molecule has 0 saturated carbocycles. The quantitative estimate of drug-likeness (QED) is 0.103. The third-order valence-corrected chi connectivity index (χ3v) is 31.0. The van der Waals surface area contributed by atoms with Crippen LogP contribution in [0.3, 0.4) is 0 Å². The van der Waals surface area contributed by atoms with Crippen LogP contribution in [-0.2, 0) is 0 Å². The molecule has 9 aromatic heterocycles. The molecule has 0 aliphatic heterocycles. The van der Waals surface area contributed by atoms with Crippen LogP contribution >= 0.6 is 0 Å². The third kappa shape index (κ3) is 14.0. The highest BCUT2D eigenvalue weighted by Gasteiger charge is 2.27. The van der Waals surface area contributed by atoms with E-state index in [4.69, 9.17) is 44.9 Å². The fourth-order valence-electron chi connectivity index (χ4n) is 23.6. The second-order valence-electron chi connectivity index (χ2n) is 39.7. The predicted molar refractivity (Wildman–Crippen MR) is 626 cm³/mol. The Kier molecular flexibility index (Phi) is 19.0. The van der Waals surface area contributed by atoms with Gasteiger partial charge in [-0.25, -0.2) is 44.9 Å². The maximum atomic E-state index is 5.28. The third-order valence-electron chi connectivity index (χ3n) is 31.0. The number of fused-ring (bicyclic) bond motifs is 21. The van der Waals surface area contributed by atoms with Crippen molar-refractivity contribution in [3.63, 3.8) is 0 Å². The van der Waals surface area contributed by atoms with E-state index in [0.717, 1.165) is 198 Å². The highest BCUT2D eigenvalue weighted by atomic mass is 14.8. The molecule has 0 saturated heterocycles. The minimum absolute atomic E-state index is 0.904. The smallest absolute Gasteiger partial charge is 0.0972 e. The van der Waals surface area contributed by atoms with Crippen molar-refractivity contribution in [1.82, 2.24) is 44.9 Å². The van der Waals surface area contributed by atoms with Crippen molar-refractivity contribution in [2.75, 3.05) is 0 Å². The average molecular weight is 1900 g/mol. The zero-order valence-corrected chi connectivity index (χ0v) is 80.8. The van der Waals surface area contributed by atoms with Gasteiger partial charge in [-0.3, -0.25) is 0 Å². The van der Waals surface area contributed by atoms with Gasteiger partial charge in [-0.05, 0) is 259 Å². The fourth-order valence-corrected chi connectivity index (χ4v) is 23.6. The molecule has 0 spiro atoms. The molecule has 9 heteroatoms. The summed E-state index contributed by atoms with van der Waals surface area (Å²) in [6.45, 7) is 0.